The molecular weight excluding hydrogens is 230 g/mol. The first-order valence-electron chi connectivity index (χ1n) is 6.32. The average Bonchev–Trinajstić information content (AvgIpc) is 2.39. The van der Waals surface area contributed by atoms with Gasteiger partial charge in [-0.05, 0) is 25.0 Å². The molecule has 1 rings (SSSR count). The lowest BCUT2D eigenvalue weighted by Gasteiger charge is -2.12. The first-order chi connectivity index (χ1) is 8.71. The topological polar surface area (TPSA) is 74.2 Å². The van der Waals surface area contributed by atoms with Crippen LogP contribution in [0.1, 0.15) is 26.7 Å². The third-order valence-corrected chi connectivity index (χ3v) is 2.81. The Morgan fingerprint density at radius 1 is 1.39 bits per heavy atom. The van der Waals surface area contributed by atoms with Gasteiger partial charge in [0, 0.05) is 12.5 Å². The molecule has 0 aromatic carbocycles. The van der Waals surface area contributed by atoms with Crippen molar-refractivity contribution in [1.29, 1.82) is 0 Å². The molecule has 3 N–H and O–H groups in total. The highest BCUT2D eigenvalue weighted by atomic mass is 16.3. The summed E-state index contributed by atoms with van der Waals surface area (Å²) in [6.45, 7) is 4.54. The number of aliphatic hydroxyl groups excluding tert-OH is 1. The molecule has 0 atom stereocenters. The normalized spacial score (nSPS) is 10.4. The number of carbonyl (C=O) groups is 1. The van der Waals surface area contributed by atoms with Gasteiger partial charge in [0.2, 0.25) is 5.91 Å². The van der Waals surface area contributed by atoms with Crippen LogP contribution in [0.4, 0.5) is 11.5 Å². The lowest BCUT2D eigenvalue weighted by atomic mass is 10.0. The van der Waals surface area contributed by atoms with E-state index < -0.39 is 0 Å². The van der Waals surface area contributed by atoms with Crippen molar-refractivity contribution in [3.05, 3.63) is 18.3 Å². The molecule has 1 aromatic rings. The van der Waals surface area contributed by atoms with Crippen molar-refractivity contribution in [3.8, 4) is 0 Å². The number of rotatable bonds is 7. The van der Waals surface area contributed by atoms with Gasteiger partial charge in [-0.2, -0.15) is 0 Å². The highest BCUT2D eigenvalue weighted by molar-refractivity contribution is 5.92. The van der Waals surface area contributed by atoms with E-state index in [1.807, 2.05) is 13.8 Å². The van der Waals surface area contributed by atoms with Gasteiger partial charge in [-0.1, -0.05) is 13.8 Å². The maximum atomic E-state index is 11.8. The Morgan fingerprint density at radius 3 is 2.61 bits per heavy atom. The zero-order valence-corrected chi connectivity index (χ0v) is 10.9. The van der Waals surface area contributed by atoms with Crippen LogP contribution in [0.15, 0.2) is 18.3 Å². The maximum absolute atomic E-state index is 11.8. The zero-order valence-electron chi connectivity index (χ0n) is 10.9. The second-order valence-electron chi connectivity index (χ2n) is 4.09. The molecule has 0 aliphatic heterocycles. The van der Waals surface area contributed by atoms with Gasteiger partial charge in [-0.15, -0.1) is 0 Å². The summed E-state index contributed by atoms with van der Waals surface area (Å²) >= 11 is 0. The molecule has 0 bridgehead atoms. The molecule has 18 heavy (non-hydrogen) atoms. The minimum absolute atomic E-state index is 0.0397. The lowest BCUT2D eigenvalue weighted by molar-refractivity contribution is -0.120. The Hall–Kier alpha value is -1.62. The SMILES string of the molecule is CCC(CC)C(=O)Nc1ccc(NCCO)nc1. The van der Waals surface area contributed by atoms with Crippen molar-refractivity contribution in [2.75, 3.05) is 23.8 Å². The van der Waals surface area contributed by atoms with Crippen molar-refractivity contribution in [1.82, 2.24) is 4.98 Å². The summed E-state index contributed by atoms with van der Waals surface area (Å²) in [7, 11) is 0. The van der Waals surface area contributed by atoms with Crippen molar-refractivity contribution in [2.45, 2.75) is 26.7 Å². The van der Waals surface area contributed by atoms with Gasteiger partial charge in [-0.25, -0.2) is 4.98 Å². The third kappa shape index (κ3) is 4.33. The van der Waals surface area contributed by atoms with E-state index >= 15 is 0 Å². The minimum Gasteiger partial charge on any atom is -0.395 e. The van der Waals surface area contributed by atoms with Crippen molar-refractivity contribution in [3.63, 3.8) is 0 Å². The van der Waals surface area contributed by atoms with E-state index in [1.165, 1.54) is 0 Å². The van der Waals surface area contributed by atoms with Crippen LogP contribution < -0.4 is 10.6 Å². The number of anilines is 2. The summed E-state index contributed by atoms with van der Waals surface area (Å²) < 4.78 is 0. The van der Waals surface area contributed by atoms with Gasteiger partial charge in [0.05, 0.1) is 18.5 Å². The largest absolute Gasteiger partial charge is 0.395 e. The van der Waals surface area contributed by atoms with Gasteiger partial charge in [0.25, 0.3) is 0 Å². The number of hydrogen-bond donors (Lipinski definition) is 3. The number of aromatic nitrogens is 1. The first-order valence-corrected chi connectivity index (χ1v) is 6.32. The fraction of sp³-hybridized carbons (Fsp3) is 0.538. The van der Waals surface area contributed by atoms with Gasteiger partial charge in [-0.3, -0.25) is 4.79 Å². The number of nitrogens with one attached hydrogen (secondary N) is 2. The van der Waals surface area contributed by atoms with Crippen molar-refractivity contribution in [2.24, 2.45) is 5.92 Å². The van der Waals surface area contributed by atoms with Crippen LogP contribution in [0.25, 0.3) is 0 Å². The fourth-order valence-corrected chi connectivity index (χ4v) is 1.66. The highest BCUT2D eigenvalue weighted by Gasteiger charge is 2.13. The van der Waals surface area contributed by atoms with E-state index in [2.05, 4.69) is 15.6 Å². The molecule has 0 unspecified atom stereocenters. The van der Waals surface area contributed by atoms with Gasteiger partial charge < -0.3 is 15.7 Å². The molecule has 0 saturated carbocycles. The summed E-state index contributed by atoms with van der Waals surface area (Å²) in [5, 5.41) is 14.5. The predicted molar refractivity (Wildman–Crippen MR) is 72.5 cm³/mol. The van der Waals surface area contributed by atoms with Gasteiger partial charge >= 0.3 is 0 Å². The van der Waals surface area contributed by atoms with Crippen molar-refractivity contribution < 1.29 is 9.90 Å². The third-order valence-electron chi connectivity index (χ3n) is 2.81. The number of carbonyl (C=O) groups excluding carboxylic acids is 1. The second kappa shape index (κ2) is 7.66. The van der Waals surface area contributed by atoms with Crippen molar-refractivity contribution >= 4 is 17.4 Å². The molecule has 1 amide bonds. The molecule has 0 aliphatic rings. The van der Waals surface area contributed by atoms with Crippen LogP contribution in [0, 0.1) is 5.92 Å². The Labute approximate surface area is 108 Å². The van der Waals surface area contributed by atoms with Crippen LogP contribution in [0.5, 0.6) is 0 Å². The van der Waals surface area contributed by atoms with Crippen LogP contribution in [-0.2, 0) is 4.79 Å². The molecular formula is C13H21N3O2. The standard InChI is InChI=1S/C13H21N3O2/c1-3-10(4-2)13(18)16-11-5-6-12(15-9-11)14-7-8-17/h5-6,9-10,17H,3-4,7-8H2,1-2H3,(H,14,15)(H,16,18). The lowest BCUT2D eigenvalue weighted by Crippen LogP contribution is -2.21. The van der Waals surface area contributed by atoms with E-state index in [0.29, 0.717) is 18.1 Å². The van der Waals surface area contributed by atoms with E-state index in [1.54, 1.807) is 18.3 Å². The van der Waals surface area contributed by atoms with Crippen LogP contribution in [0.2, 0.25) is 0 Å². The number of amides is 1. The minimum atomic E-state index is 0.0397. The van der Waals surface area contributed by atoms with Gasteiger partial charge in [0.1, 0.15) is 5.82 Å². The Kier molecular flexibility index (Phi) is 6.14. The Balaban J connectivity index is 2.55. The van der Waals surface area contributed by atoms with E-state index in [9.17, 15) is 4.79 Å². The van der Waals surface area contributed by atoms with E-state index in [4.69, 9.17) is 5.11 Å². The first kappa shape index (κ1) is 14.4. The summed E-state index contributed by atoms with van der Waals surface area (Å²) in [6.07, 6.45) is 3.29. The number of pyridine rings is 1. The van der Waals surface area contributed by atoms with E-state index in [-0.39, 0.29) is 18.4 Å². The average molecular weight is 251 g/mol. The van der Waals surface area contributed by atoms with E-state index in [0.717, 1.165) is 12.8 Å². The van der Waals surface area contributed by atoms with Crippen LogP contribution >= 0.6 is 0 Å². The monoisotopic (exact) mass is 251 g/mol. The number of aliphatic hydroxyl groups is 1. The zero-order chi connectivity index (χ0) is 13.4. The molecule has 5 heteroatoms. The number of hydrogen-bond acceptors (Lipinski definition) is 4. The smallest absolute Gasteiger partial charge is 0.227 e. The summed E-state index contributed by atoms with van der Waals surface area (Å²) in [5.74, 6) is 0.777. The molecule has 0 aliphatic carbocycles. The number of nitrogens with zero attached hydrogens (tertiary/aromatic N) is 1. The van der Waals surface area contributed by atoms with Gasteiger partial charge in [0.15, 0.2) is 0 Å². The molecule has 100 valence electrons. The summed E-state index contributed by atoms with van der Waals surface area (Å²) in [4.78, 5) is 16.0. The highest BCUT2D eigenvalue weighted by Crippen LogP contribution is 2.14. The predicted octanol–water partition coefficient (Wildman–Crippen LogP) is 1.86. The molecule has 1 aromatic heterocycles. The Morgan fingerprint density at radius 2 is 2.11 bits per heavy atom. The maximum Gasteiger partial charge on any atom is 0.227 e. The molecule has 0 saturated heterocycles. The fourth-order valence-electron chi connectivity index (χ4n) is 1.66. The molecule has 5 nitrogen and oxygen atoms in total. The van der Waals surface area contributed by atoms with Crippen LogP contribution in [-0.4, -0.2) is 29.1 Å². The Bertz CT molecular complexity index is 361. The molecule has 0 radical (unpaired) electrons. The second-order valence-corrected chi connectivity index (χ2v) is 4.09. The molecule has 0 spiro atoms. The molecule has 0 fully saturated rings. The molecule has 1 heterocycles. The quantitative estimate of drug-likeness (QED) is 0.691. The summed E-state index contributed by atoms with van der Waals surface area (Å²) in [6, 6.07) is 3.57. The van der Waals surface area contributed by atoms with Crippen LogP contribution in [0.3, 0.4) is 0 Å². The summed E-state index contributed by atoms with van der Waals surface area (Å²) in [5.41, 5.74) is 0.696.